The number of benzene rings is 3. The summed E-state index contributed by atoms with van der Waals surface area (Å²) in [6.45, 7) is 2.53. The van der Waals surface area contributed by atoms with E-state index < -0.39 is 0 Å². The largest absolute Gasteiger partial charge is 0.378 e. The highest BCUT2D eigenvalue weighted by atomic mass is 16.5. The van der Waals surface area contributed by atoms with Gasteiger partial charge in [-0.15, -0.1) is 0 Å². The van der Waals surface area contributed by atoms with Gasteiger partial charge >= 0.3 is 0 Å². The van der Waals surface area contributed by atoms with Crippen molar-refractivity contribution >= 4 is 45.0 Å². The molecule has 5 heteroatoms. The van der Waals surface area contributed by atoms with E-state index in [0.29, 0.717) is 26.3 Å². The van der Waals surface area contributed by atoms with E-state index in [-0.39, 0.29) is 5.91 Å². The van der Waals surface area contributed by atoms with Crippen LogP contribution in [0.3, 0.4) is 0 Å². The number of rotatable bonds is 2. The van der Waals surface area contributed by atoms with Gasteiger partial charge < -0.3 is 14.5 Å². The minimum Gasteiger partial charge on any atom is -0.378 e. The van der Waals surface area contributed by atoms with E-state index in [0.717, 1.165) is 5.56 Å². The molecule has 0 saturated carbocycles. The lowest BCUT2D eigenvalue weighted by Crippen LogP contribution is -2.39. The van der Waals surface area contributed by atoms with E-state index in [1.54, 1.807) is 6.08 Å². The molecule has 3 heterocycles. The fourth-order valence-corrected chi connectivity index (χ4v) is 5.21. The summed E-state index contributed by atoms with van der Waals surface area (Å²) in [4.78, 5) is 16.7. The Morgan fingerprint density at radius 3 is 2.61 bits per heavy atom. The monoisotopic (exact) mass is 436 g/mol. The van der Waals surface area contributed by atoms with Crippen LogP contribution in [0.2, 0.25) is 0 Å². The molecular weight excluding hydrogens is 410 g/mol. The molecule has 3 aromatic carbocycles. The highest BCUT2D eigenvalue weighted by molar-refractivity contribution is 6.17. The van der Waals surface area contributed by atoms with Crippen LogP contribution in [-0.2, 0) is 16.6 Å². The molecule has 1 fully saturated rings. The van der Waals surface area contributed by atoms with Gasteiger partial charge in [-0.3, -0.25) is 4.79 Å². The van der Waals surface area contributed by atoms with Gasteiger partial charge in [-0.25, -0.2) is 0 Å². The zero-order valence-corrected chi connectivity index (χ0v) is 18.9. The summed E-state index contributed by atoms with van der Waals surface area (Å²) in [5.41, 5.74) is 7.11. The predicted octanol–water partition coefficient (Wildman–Crippen LogP) is 4.44. The van der Waals surface area contributed by atoms with Crippen LogP contribution in [-0.4, -0.2) is 44.2 Å². The first-order chi connectivity index (χ1) is 16.1. The number of aromatic nitrogens is 1. The molecule has 0 radical (unpaired) electrons. The van der Waals surface area contributed by atoms with Gasteiger partial charge in [0.05, 0.1) is 40.9 Å². The van der Waals surface area contributed by atoms with Crippen molar-refractivity contribution in [3.8, 4) is 11.3 Å². The number of amides is 1. The van der Waals surface area contributed by atoms with Crippen molar-refractivity contribution in [2.24, 2.45) is 7.05 Å². The summed E-state index contributed by atoms with van der Waals surface area (Å²) in [6, 6.07) is 21.6. The number of ether oxygens (including phenoxy) is 1. The number of hydrogen-bond acceptors (Lipinski definition) is 3. The van der Waals surface area contributed by atoms with Crippen LogP contribution in [0.4, 0.5) is 11.4 Å². The standard InChI is InChI=1S/C28H26N3O2/c1-29-23-8-4-3-6-21(23)28-27-20(7-5-9-25(27)29)22-18-19(10-12-24(22)30(28)2)11-13-26(32)31-14-16-33-17-15-31/h3-13,18H,14-17H2,1-2H3/q+1/b13-11+. The molecule has 1 saturated heterocycles. The van der Waals surface area contributed by atoms with Crippen LogP contribution < -0.4 is 9.47 Å². The first-order valence-corrected chi connectivity index (χ1v) is 11.4. The second kappa shape index (κ2) is 7.71. The predicted molar refractivity (Wildman–Crippen MR) is 133 cm³/mol. The second-order valence-corrected chi connectivity index (χ2v) is 8.73. The molecule has 2 aliphatic heterocycles. The number of anilines is 2. The average molecular weight is 437 g/mol. The normalized spacial score (nSPS) is 15.5. The van der Waals surface area contributed by atoms with Gasteiger partial charge in [-0.2, -0.15) is 4.57 Å². The molecule has 1 aromatic heterocycles. The third kappa shape index (κ3) is 3.11. The molecule has 0 bridgehead atoms. The Kier molecular flexibility index (Phi) is 4.66. The van der Waals surface area contributed by atoms with Crippen molar-refractivity contribution in [2.75, 3.05) is 38.3 Å². The lowest BCUT2D eigenvalue weighted by molar-refractivity contribution is -0.632. The van der Waals surface area contributed by atoms with Gasteiger partial charge in [0, 0.05) is 37.7 Å². The lowest BCUT2D eigenvalue weighted by Gasteiger charge is -2.28. The molecule has 0 unspecified atom stereocenters. The van der Waals surface area contributed by atoms with Gasteiger partial charge in [0.25, 0.3) is 0 Å². The number of carbonyl (C=O) groups is 1. The second-order valence-electron chi connectivity index (χ2n) is 8.73. The minimum atomic E-state index is 0.0408. The van der Waals surface area contributed by atoms with Gasteiger partial charge in [0.15, 0.2) is 0 Å². The third-order valence-corrected chi connectivity index (χ3v) is 6.91. The fraction of sp³-hybridized carbons (Fsp3) is 0.214. The maximum absolute atomic E-state index is 12.6. The van der Waals surface area contributed by atoms with Crippen molar-refractivity contribution < 1.29 is 14.1 Å². The maximum atomic E-state index is 12.6. The van der Waals surface area contributed by atoms with Crippen LogP contribution in [0.1, 0.15) is 5.56 Å². The third-order valence-electron chi connectivity index (χ3n) is 6.91. The SMILES string of the molecule is CN1c2ccccc2-c2c3c1cccc3c1cc(/C=C/C(=O)N3CCOCC3)ccc1[n+]2C. The Hall–Kier alpha value is -3.70. The maximum Gasteiger partial charge on any atom is 0.246 e. The van der Waals surface area contributed by atoms with Gasteiger partial charge in [-0.05, 0) is 42.0 Å². The molecule has 164 valence electrons. The first-order valence-electron chi connectivity index (χ1n) is 11.4. The quantitative estimate of drug-likeness (QED) is 0.265. The molecule has 2 aliphatic rings. The van der Waals surface area contributed by atoms with Crippen LogP contribution in [0, 0.1) is 0 Å². The van der Waals surface area contributed by atoms with E-state index in [9.17, 15) is 4.79 Å². The molecule has 33 heavy (non-hydrogen) atoms. The van der Waals surface area contributed by atoms with E-state index in [2.05, 4.69) is 84.2 Å². The Bertz CT molecular complexity index is 1450. The number of pyridine rings is 1. The van der Waals surface area contributed by atoms with Crippen molar-refractivity contribution in [1.82, 2.24) is 4.90 Å². The Morgan fingerprint density at radius 2 is 1.76 bits per heavy atom. The van der Waals surface area contributed by atoms with E-state index >= 15 is 0 Å². The van der Waals surface area contributed by atoms with Gasteiger partial charge in [0.2, 0.25) is 17.1 Å². The summed E-state index contributed by atoms with van der Waals surface area (Å²) in [5.74, 6) is 0.0408. The summed E-state index contributed by atoms with van der Waals surface area (Å²) < 4.78 is 7.66. The number of aryl methyl sites for hydroxylation is 1. The summed E-state index contributed by atoms with van der Waals surface area (Å²) in [5, 5.41) is 3.68. The van der Waals surface area contributed by atoms with Gasteiger partial charge in [0.1, 0.15) is 7.05 Å². The highest BCUT2D eigenvalue weighted by Crippen LogP contribution is 2.46. The van der Waals surface area contributed by atoms with Crippen molar-refractivity contribution in [3.05, 3.63) is 72.3 Å². The molecule has 0 spiro atoms. The number of nitrogens with zero attached hydrogens (tertiary/aromatic N) is 3. The molecule has 5 nitrogen and oxygen atoms in total. The molecule has 1 amide bonds. The van der Waals surface area contributed by atoms with E-state index in [1.807, 2.05) is 11.0 Å². The molecular formula is C28H26N3O2+. The fourth-order valence-electron chi connectivity index (χ4n) is 5.21. The Balaban J connectivity index is 1.51. The van der Waals surface area contributed by atoms with Crippen LogP contribution >= 0.6 is 0 Å². The highest BCUT2D eigenvalue weighted by Gasteiger charge is 2.30. The number of para-hydroxylation sites is 1. The Labute approximate surface area is 193 Å². The summed E-state index contributed by atoms with van der Waals surface area (Å²) in [6.07, 6.45) is 3.61. The van der Waals surface area contributed by atoms with Crippen LogP contribution in [0.5, 0.6) is 0 Å². The molecule has 0 aliphatic carbocycles. The number of fused-ring (bicyclic) bond motifs is 4. The lowest BCUT2D eigenvalue weighted by atomic mass is 9.92. The van der Waals surface area contributed by atoms with Crippen LogP contribution in [0.25, 0.3) is 39.0 Å². The molecule has 0 N–H and O–H groups in total. The number of hydrogen-bond donors (Lipinski definition) is 0. The zero-order valence-electron chi connectivity index (χ0n) is 18.9. The summed E-state index contributed by atoms with van der Waals surface area (Å²) in [7, 11) is 4.28. The number of morpholine rings is 1. The minimum absolute atomic E-state index is 0.0408. The first kappa shape index (κ1) is 19.9. The van der Waals surface area contributed by atoms with E-state index in [4.69, 9.17) is 4.74 Å². The Morgan fingerprint density at radius 1 is 0.970 bits per heavy atom. The topological polar surface area (TPSA) is 36.7 Å². The number of carbonyl (C=O) groups excluding carboxylic acids is 1. The van der Waals surface area contributed by atoms with E-state index in [1.165, 1.54) is 44.3 Å². The van der Waals surface area contributed by atoms with Gasteiger partial charge in [-0.1, -0.05) is 24.3 Å². The average Bonchev–Trinajstić information content (AvgIpc) is 2.87. The summed E-state index contributed by atoms with van der Waals surface area (Å²) >= 11 is 0. The van der Waals surface area contributed by atoms with Crippen molar-refractivity contribution in [1.29, 1.82) is 0 Å². The van der Waals surface area contributed by atoms with Crippen molar-refractivity contribution in [2.45, 2.75) is 0 Å². The molecule has 4 aromatic rings. The van der Waals surface area contributed by atoms with Crippen molar-refractivity contribution in [3.63, 3.8) is 0 Å². The zero-order chi connectivity index (χ0) is 22.5. The molecule has 0 atom stereocenters. The smallest absolute Gasteiger partial charge is 0.246 e. The van der Waals surface area contributed by atoms with Crippen LogP contribution in [0.15, 0.2) is 66.7 Å². The molecule has 6 rings (SSSR count).